The molecule has 2 unspecified atom stereocenters. The summed E-state index contributed by atoms with van der Waals surface area (Å²) in [6, 6.07) is 38.5. The van der Waals surface area contributed by atoms with Crippen molar-refractivity contribution in [2.75, 3.05) is 12.0 Å². The van der Waals surface area contributed by atoms with Crippen LogP contribution in [0.4, 0.5) is 0 Å². The third-order valence-corrected chi connectivity index (χ3v) is 19.2. The van der Waals surface area contributed by atoms with Crippen LogP contribution < -0.4 is 51.1 Å². The number of halogens is 1. The zero-order chi connectivity index (χ0) is 31.1. The van der Waals surface area contributed by atoms with E-state index in [-0.39, 0.29) is 21.5 Å². The SMILES string of the molecule is C=P(NC)(c1cc(C)ccc1C)c1cc(-c2ccccc2-c2ccccc2)cc2c1CCc1ccc(C)cc1P2(=C)N[I-]C. The topological polar surface area (TPSA) is 24.1 Å². The summed E-state index contributed by atoms with van der Waals surface area (Å²) in [6.45, 7) is 6.64. The molecule has 2 atom stereocenters. The molecule has 44 heavy (non-hydrogen) atoms. The molecule has 0 aromatic heterocycles. The van der Waals surface area contributed by atoms with Crippen molar-refractivity contribution in [1.29, 1.82) is 0 Å². The summed E-state index contributed by atoms with van der Waals surface area (Å²) < 4.78 is 4.10. The molecule has 5 aromatic carbocycles. The molecule has 2 nitrogen and oxygen atoms in total. The van der Waals surface area contributed by atoms with Crippen molar-refractivity contribution in [2.24, 2.45) is 0 Å². The summed E-state index contributed by atoms with van der Waals surface area (Å²) in [7, 11) is -2.29. The van der Waals surface area contributed by atoms with Crippen LogP contribution in [0.25, 0.3) is 22.3 Å². The molecular weight excluding hydrogens is 685 g/mol. The number of rotatable bonds is 7. The van der Waals surface area contributed by atoms with E-state index >= 15 is 0 Å². The van der Waals surface area contributed by atoms with Crippen LogP contribution in [0.15, 0.2) is 103 Å². The van der Waals surface area contributed by atoms with Crippen molar-refractivity contribution in [3.05, 3.63) is 131 Å². The van der Waals surface area contributed by atoms with Gasteiger partial charge in [-0.1, -0.05) is 0 Å². The number of fused-ring (bicyclic) bond motifs is 2. The van der Waals surface area contributed by atoms with Crippen molar-refractivity contribution in [3.63, 3.8) is 0 Å². The molecule has 5 aromatic rings. The van der Waals surface area contributed by atoms with Gasteiger partial charge in [0.25, 0.3) is 0 Å². The predicted molar refractivity (Wildman–Crippen MR) is 197 cm³/mol. The van der Waals surface area contributed by atoms with Gasteiger partial charge in [0.2, 0.25) is 0 Å². The molecule has 0 aliphatic carbocycles. The van der Waals surface area contributed by atoms with Gasteiger partial charge in [0.05, 0.1) is 0 Å². The number of hydrogen-bond acceptors (Lipinski definition) is 2. The van der Waals surface area contributed by atoms with Crippen molar-refractivity contribution in [3.8, 4) is 22.3 Å². The second kappa shape index (κ2) is 12.6. The van der Waals surface area contributed by atoms with Gasteiger partial charge in [-0.05, 0) is 0 Å². The Bertz CT molecular complexity index is 1960. The van der Waals surface area contributed by atoms with Crippen LogP contribution in [0, 0.1) is 20.8 Å². The molecule has 0 saturated carbocycles. The van der Waals surface area contributed by atoms with Crippen molar-refractivity contribution >= 4 is 47.9 Å². The third kappa shape index (κ3) is 5.52. The molecule has 6 rings (SSSR count). The van der Waals surface area contributed by atoms with Crippen molar-refractivity contribution in [2.45, 2.75) is 33.6 Å². The zero-order valence-electron chi connectivity index (χ0n) is 26.4. The monoisotopic (exact) mass is 727 g/mol. The average Bonchev–Trinajstić information content (AvgIpc) is 3.16. The number of benzene rings is 5. The summed E-state index contributed by atoms with van der Waals surface area (Å²) in [5.41, 5.74) is 11.7. The van der Waals surface area contributed by atoms with Gasteiger partial charge in [-0.2, -0.15) is 0 Å². The number of alkyl halides is 1. The summed E-state index contributed by atoms with van der Waals surface area (Å²) in [5.74, 6) is 0. The fourth-order valence-electron chi connectivity index (χ4n) is 6.71. The normalized spacial score (nSPS) is 17.4. The molecule has 0 radical (unpaired) electrons. The summed E-state index contributed by atoms with van der Waals surface area (Å²) in [5, 5.41) is 9.35. The molecule has 2 N–H and O–H groups in total. The standard InChI is InChI=1S/C39H42IN2P2/c1-27-17-19-29(3)36(23-27)43(6,41-5)38-25-32(34-16-12-11-15-33(34)30-13-9-8-10-14-30)26-39-35(38)22-21-31-20-18-28(2)24-37(31)44(39,7)42-40-4/h8-20,23-26,41-42H,6-7,21-22H2,1-5H3/q-1. The van der Waals surface area contributed by atoms with E-state index in [9.17, 15) is 0 Å². The van der Waals surface area contributed by atoms with Crippen molar-refractivity contribution in [1.82, 2.24) is 8.39 Å². The Labute approximate surface area is 275 Å². The Kier molecular flexibility index (Phi) is 8.99. The van der Waals surface area contributed by atoms with E-state index in [1.807, 2.05) is 0 Å². The van der Waals surface area contributed by atoms with Gasteiger partial charge < -0.3 is 0 Å². The minimum absolute atomic E-state index is 0.232. The number of nitrogens with one attached hydrogen (secondary N) is 2. The van der Waals surface area contributed by atoms with Crippen LogP contribution in [-0.2, 0) is 12.8 Å². The second-order valence-electron chi connectivity index (χ2n) is 11.9. The van der Waals surface area contributed by atoms with E-state index < -0.39 is 14.1 Å². The molecule has 226 valence electrons. The Hall–Kier alpha value is -2.65. The van der Waals surface area contributed by atoms with Gasteiger partial charge in [0, 0.05) is 0 Å². The molecule has 1 heterocycles. The first kappa shape index (κ1) is 31.3. The van der Waals surface area contributed by atoms with Crippen LogP contribution >= 0.6 is 14.1 Å². The first-order valence-corrected chi connectivity index (χ1v) is 22.3. The summed E-state index contributed by atoms with van der Waals surface area (Å²) in [6.07, 6.45) is 12.3. The first-order valence-electron chi connectivity index (χ1n) is 15.1. The van der Waals surface area contributed by atoms with Gasteiger partial charge in [0.1, 0.15) is 0 Å². The van der Waals surface area contributed by atoms with Crippen LogP contribution in [0.3, 0.4) is 0 Å². The second-order valence-corrected chi connectivity index (χ2v) is 20.3. The zero-order valence-corrected chi connectivity index (χ0v) is 30.4. The fourth-order valence-corrected chi connectivity index (χ4v) is 16.6. The molecule has 0 fully saturated rings. The summed E-state index contributed by atoms with van der Waals surface area (Å²) in [4.78, 5) is 2.32. The van der Waals surface area contributed by atoms with E-state index in [4.69, 9.17) is 12.6 Å². The van der Waals surface area contributed by atoms with E-state index in [1.165, 1.54) is 71.3 Å². The molecule has 5 heteroatoms. The van der Waals surface area contributed by atoms with Gasteiger partial charge in [-0.3, -0.25) is 0 Å². The molecule has 0 saturated heterocycles. The quantitative estimate of drug-likeness (QED) is 0.114. The number of aryl methyl sites for hydroxylation is 4. The third-order valence-electron chi connectivity index (χ3n) is 9.03. The molecular formula is C39H42IN2P2-. The van der Waals surface area contributed by atoms with E-state index in [0.29, 0.717) is 0 Å². The predicted octanol–water partition coefficient (Wildman–Crippen LogP) is 4.12. The summed E-state index contributed by atoms with van der Waals surface area (Å²) >= 11 is -0.232. The molecule has 1 aliphatic heterocycles. The average molecular weight is 728 g/mol. The maximum atomic E-state index is 5.17. The first-order chi connectivity index (χ1) is 21.2. The Balaban J connectivity index is 1.74. The van der Waals surface area contributed by atoms with Crippen LogP contribution in [-0.4, -0.2) is 24.6 Å². The van der Waals surface area contributed by atoms with Crippen LogP contribution in [0.5, 0.6) is 0 Å². The Morgan fingerprint density at radius 1 is 0.705 bits per heavy atom. The van der Waals surface area contributed by atoms with E-state index in [2.05, 4.69) is 144 Å². The number of hydrogen-bond donors (Lipinski definition) is 2. The van der Waals surface area contributed by atoms with E-state index in [1.54, 1.807) is 0 Å². The molecule has 1 aliphatic rings. The molecule has 0 spiro atoms. The van der Waals surface area contributed by atoms with Gasteiger partial charge >= 0.3 is 277 Å². The fraction of sp³-hybridized carbons (Fsp3) is 0.179. The van der Waals surface area contributed by atoms with Crippen molar-refractivity contribution < 1.29 is 21.5 Å². The van der Waals surface area contributed by atoms with Gasteiger partial charge in [-0.25, -0.2) is 0 Å². The molecule has 0 bridgehead atoms. The Morgan fingerprint density at radius 2 is 1.36 bits per heavy atom. The van der Waals surface area contributed by atoms with Crippen LogP contribution in [0.1, 0.15) is 27.8 Å². The van der Waals surface area contributed by atoms with Crippen LogP contribution in [0.2, 0.25) is 0 Å². The van der Waals surface area contributed by atoms with Gasteiger partial charge in [-0.15, -0.1) is 0 Å². The Morgan fingerprint density at radius 3 is 2.07 bits per heavy atom. The molecule has 0 amide bonds. The van der Waals surface area contributed by atoms with E-state index in [0.717, 1.165) is 12.8 Å². The maximum absolute atomic E-state index is 5.17. The van der Waals surface area contributed by atoms with Gasteiger partial charge in [0.15, 0.2) is 0 Å². The minimum atomic E-state index is -2.24.